The van der Waals surface area contributed by atoms with Crippen molar-refractivity contribution in [3.8, 4) is 0 Å². The first-order valence-electron chi connectivity index (χ1n) is 8.35. The molecule has 1 aromatic heterocycles. The highest BCUT2D eigenvalue weighted by molar-refractivity contribution is 5.95. The molecule has 2 amide bonds. The molecule has 1 saturated carbocycles. The Bertz CT molecular complexity index is 935. The van der Waals surface area contributed by atoms with E-state index < -0.39 is 41.2 Å². The van der Waals surface area contributed by atoms with Crippen LogP contribution < -0.4 is 16.2 Å². The van der Waals surface area contributed by atoms with Gasteiger partial charge in [-0.15, -0.1) is 0 Å². The minimum absolute atomic E-state index is 0.0120. The van der Waals surface area contributed by atoms with Crippen molar-refractivity contribution in [3.63, 3.8) is 0 Å². The summed E-state index contributed by atoms with van der Waals surface area (Å²) in [6.07, 6.45) is 0.338. The molecule has 0 radical (unpaired) electrons. The van der Waals surface area contributed by atoms with Gasteiger partial charge >= 0.3 is 12.3 Å². The lowest BCUT2D eigenvalue weighted by atomic mass is 9.71. The molecule has 3 N–H and O–H groups in total. The van der Waals surface area contributed by atoms with E-state index in [2.05, 4.69) is 15.3 Å². The van der Waals surface area contributed by atoms with Gasteiger partial charge in [0.1, 0.15) is 5.82 Å². The maximum absolute atomic E-state index is 14.2. The average Bonchev–Trinajstić information content (AvgIpc) is 2.66. The monoisotopic (exact) mass is 415 g/mol. The topological polar surface area (TPSA) is 96.0 Å². The van der Waals surface area contributed by atoms with Crippen molar-refractivity contribution < 1.29 is 31.5 Å². The minimum Gasteiger partial charge on any atom is -0.345 e. The molecule has 12 heteroatoms. The van der Waals surface area contributed by atoms with Crippen LogP contribution in [0.4, 0.5) is 27.9 Å². The smallest absolute Gasteiger partial charge is 0.317 e. The molecule has 0 atom stereocenters. The van der Waals surface area contributed by atoms with Crippen molar-refractivity contribution in [1.29, 1.82) is 0 Å². The number of alkyl halides is 2. The fraction of sp³-hybridized carbons (Fsp3) is 0.294. The Balaban J connectivity index is 1.72. The fourth-order valence-electron chi connectivity index (χ4n) is 2.85. The van der Waals surface area contributed by atoms with Gasteiger partial charge in [0.2, 0.25) is 5.95 Å². The molecule has 0 saturated heterocycles. The molecule has 3 rings (SSSR count). The number of hydrogen-bond donors (Lipinski definition) is 3. The lowest BCUT2D eigenvalue weighted by Crippen LogP contribution is -2.44. The van der Waals surface area contributed by atoms with Gasteiger partial charge in [-0.1, -0.05) is 0 Å². The summed E-state index contributed by atoms with van der Waals surface area (Å²) in [4.78, 5) is 30.3. The first-order chi connectivity index (χ1) is 13.7. The van der Waals surface area contributed by atoms with Crippen LogP contribution in [0.15, 0.2) is 24.5 Å². The van der Waals surface area contributed by atoms with E-state index in [1.165, 1.54) is 5.43 Å². The number of hydrazine groups is 1. The van der Waals surface area contributed by atoms with Crippen molar-refractivity contribution in [1.82, 2.24) is 20.8 Å². The Hall–Kier alpha value is -3.31. The quantitative estimate of drug-likeness (QED) is 0.396. The summed E-state index contributed by atoms with van der Waals surface area (Å²) in [5.41, 5.74) is 2.04. The summed E-state index contributed by atoms with van der Waals surface area (Å²) in [5, 5.41) is 2.88. The molecule has 0 unspecified atom stereocenters. The highest BCUT2D eigenvalue weighted by atomic mass is 19.3. The summed E-state index contributed by atoms with van der Waals surface area (Å²) < 4.78 is 65.2. The van der Waals surface area contributed by atoms with Crippen LogP contribution in [0, 0.1) is 17.5 Å². The van der Waals surface area contributed by atoms with Crippen LogP contribution in [-0.2, 0) is 10.3 Å². The largest absolute Gasteiger partial charge is 0.345 e. The average molecular weight is 415 g/mol. The van der Waals surface area contributed by atoms with Gasteiger partial charge in [0, 0.05) is 24.0 Å². The first-order valence-corrected chi connectivity index (χ1v) is 8.35. The molecule has 1 fully saturated rings. The standard InChI is InChI=1S/C17H14F5N5O2/c18-10-5-12(20)11(19)4-9(10)17(2-1-3-17)25-16-23-6-8(7-24-16)14(28)26-27-15(29)13(21)22/h4-7,13H,1-3H2,(H,26,28)(H,27,29)(H,23,24,25). The number of anilines is 1. The second-order valence-electron chi connectivity index (χ2n) is 6.35. The van der Waals surface area contributed by atoms with Crippen LogP contribution in [-0.4, -0.2) is 28.2 Å². The summed E-state index contributed by atoms with van der Waals surface area (Å²) in [5.74, 6) is -6.03. The predicted molar refractivity (Wildman–Crippen MR) is 89.1 cm³/mol. The summed E-state index contributed by atoms with van der Waals surface area (Å²) in [6.45, 7) is 0. The zero-order valence-electron chi connectivity index (χ0n) is 14.6. The summed E-state index contributed by atoms with van der Waals surface area (Å²) in [6, 6.07) is 1.25. The Morgan fingerprint density at radius 2 is 1.59 bits per heavy atom. The number of amides is 2. The number of halogens is 5. The summed E-state index contributed by atoms with van der Waals surface area (Å²) >= 11 is 0. The molecule has 1 aliphatic rings. The van der Waals surface area contributed by atoms with E-state index in [4.69, 9.17) is 0 Å². The zero-order chi connectivity index (χ0) is 21.2. The van der Waals surface area contributed by atoms with Gasteiger partial charge in [-0.25, -0.2) is 23.1 Å². The predicted octanol–water partition coefficient (Wildman–Crippen LogP) is 2.41. The lowest BCUT2D eigenvalue weighted by Gasteiger charge is -2.43. The summed E-state index contributed by atoms with van der Waals surface area (Å²) in [7, 11) is 0. The maximum atomic E-state index is 14.2. The molecule has 0 aliphatic heterocycles. The van der Waals surface area contributed by atoms with E-state index in [1.54, 1.807) is 5.43 Å². The van der Waals surface area contributed by atoms with Crippen LogP contribution in [0.1, 0.15) is 35.2 Å². The second-order valence-corrected chi connectivity index (χ2v) is 6.35. The molecule has 2 aromatic rings. The normalized spacial score (nSPS) is 14.8. The van der Waals surface area contributed by atoms with Gasteiger partial charge < -0.3 is 5.32 Å². The van der Waals surface area contributed by atoms with Gasteiger partial charge in [0.25, 0.3) is 5.91 Å². The minimum atomic E-state index is -3.30. The Morgan fingerprint density at radius 1 is 0.966 bits per heavy atom. The number of hydrogen-bond acceptors (Lipinski definition) is 5. The number of carbonyl (C=O) groups is 2. The van der Waals surface area contributed by atoms with E-state index in [1.807, 2.05) is 0 Å². The van der Waals surface area contributed by atoms with Crippen molar-refractivity contribution in [2.24, 2.45) is 0 Å². The highest BCUT2D eigenvalue weighted by Crippen LogP contribution is 2.44. The van der Waals surface area contributed by atoms with E-state index in [0.717, 1.165) is 18.5 Å². The highest BCUT2D eigenvalue weighted by Gasteiger charge is 2.42. The molecule has 7 nitrogen and oxygen atoms in total. The third-order valence-electron chi connectivity index (χ3n) is 4.50. The number of nitrogens with zero attached hydrogens (tertiary/aromatic N) is 2. The van der Waals surface area contributed by atoms with Crippen molar-refractivity contribution >= 4 is 17.8 Å². The van der Waals surface area contributed by atoms with Crippen LogP contribution >= 0.6 is 0 Å². The second kappa shape index (κ2) is 7.97. The number of carbonyl (C=O) groups excluding carboxylic acids is 2. The SMILES string of the molecule is O=C(NNC(=O)C(F)F)c1cnc(NC2(c3cc(F)c(F)cc3F)CCC2)nc1. The molecule has 0 bridgehead atoms. The van der Waals surface area contributed by atoms with Crippen molar-refractivity contribution in [2.75, 3.05) is 5.32 Å². The van der Waals surface area contributed by atoms with Crippen molar-refractivity contribution in [2.45, 2.75) is 31.2 Å². The molecule has 29 heavy (non-hydrogen) atoms. The Morgan fingerprint density at radius 3 is 2.14 bits per heavy atom. The van der Waals surface area contributed by atoms with Crippen LogP contribution in [0.3, 0.4) is 0 Å². The third kappa shape index (κ3) is 4.25. The van der Waals surface area contributed by atoms with Gasteiger partial charge in [-0.3, -0.25) is 20.4 Å². The Labute approximate surface area is 160 Å². The van der Waals surface area contributed by atoms with E-state index in [-0.39, 0.29) is 17.1 Å². The van der Waals surface area contributed by atoms with Gasteiger partial charge in [0.15, 0.2) is 11.6 Å². The Kier molecular flexibility index (Phi) is 5.62. The third-order valence-corrected chi connectivity index (χ3v) is 4.50. The zero-order valence-corrected chi connectivity index (χ0v) is 14.6. The molecule has 1 heterocycles. The number of nitrogens with one attached hydrogen (secondary N) is 3. The van der Waals surface area contributed by atoms with E-state index in [0.29, 0.717) is 25.3 Å². The van der Waals surface area contributed by atoms with E-state index >= 15 is 0 Å². The number of benzene rings is 1. The van der Waals surface area contributed by atoms with Gasteiger partial charge in [-0.2, -0.15) is 8.78 Å². The van der Waals surface area contributed by atoms with Crippen LogP contribution in [0.5, 0.6) is 0 Å². The van der Waals surface area contributed by atoms with Crippen LogP contribution in [0.2, 0.25) is 0 Å². The molecule has 1 aromatic carbocycles. The molecule has 0 spiro atoms. The number of rotatable bonds is 5. The molecule has 1 aliphatic carbocycles. The molecular weight excluding hydrogens is 401 g/mol. The molecular formula is C17H14F5N5O2. The van der Waals surface area contributed by atoms with Crippen LogP contribution in [0.25, 0.3) is 0 Å². The van der Waals surface area contributed by atoms with Gasteiger partial charge in [-0.05, 0) is 25.3 Å². The lowest BCUT2D eigenvalue weighted by molar-refractivity contribution is -0.132. The maximum Gasteiger partial charge on any atom is 0.317 e. The first kappa shape index (κ1) is 20.4. The molecule has 154 valence electrons. The number of aromatic nitrogens is 2. The van der Waals surface area contributed by atoms with Crippen molar-refractivity contribution in [3.05, 3.63) is 53.1 Å². The fourth-order valence-corrected chi connectivity index (χ4v) is 2.85. The van der Waals surface area contributed by atoms with Gasteiger partial charge in [0.05, 0.1) is 11.1 Å². The van der Waals surface area contributed by atoms with E-state index in [9.17, 15) is 31.5 Å².